The van der Waals surface area contributed by atoms with Gasteiger partial charge in [0, 0.05) is 19.6 Å². The molecule has 2 aliphatic rings. The van der Waals surface area contributed by atoms with Crippen molar-refractivity contribution in [1.82, 2.24) is 4.90 Å². The molecule has 3 nitrogen and oxygen atoms in total. The first-order chi connectivity index (χ1) is 9.00. The van der Waals surface area contributed by atoms with Crippen LogP contribution in [-0.2, 0) is 0 Å². The molecule has 2 rings (SSSR count). The van der Waals surface area contributed by atoms with Gasteiger partial charge in [-0.05, 0) is 50.9 Å². The second-order valence-corrected chi connectivity index (χ2v) is 7.09. The minimum absolute atomic E-state index is 0.101. The van der Waals surface area contributed by atoms with Crippen LogP contribution in [0.2, 0.25) is 0 Å². The van der Waals surface area contributed by atoms with E-state index in [2.05, 4.69) is 11.8 Å². The summed E-state index contributed by atoms with van der Waals surface area (Å²) in [7, 11) is 0. The molecule has 3 unspecified atom stereocenters. The Morgan fingerprint density at radius 3 is 2.53 bits per heavy atom. The summed E-state index contributed by atoms with van der Waals surface area (Å²) in [5.74, 6) is 1.28. The number of hydrogen-bond acceptors (Lipinski definition) is 3. The van der Waals surface area contributed by atoms with E-state index in [0.29, 0.717) is 5.92 Å². The molecule has 0 aromatic heterocycles. The summed E-state index contributed by atoms with van der Waals surface area (Å²) in [4.78, 5) is 2.44. The molecule has 3 atom stereocenters. The second-order valence-electron chi connectivity index (χ2n) is 7.09. The summed E-state index contributed by atoms with van der Waals surface area (Å²) >= 11 is 0. The van der Waals surface area contributed by atoms with Gasteiger partial charge in [0.15, 0.2) is 0 Å². The Balaban J connectivity index is 1.80. The first kappa shape index (κ1) is 15.3. The van der Waals surface area contributed by atoms with E-state index in [9.17, 15) is 10.2 Å². The normalized spacial score (nSPS) is 36.3. The first-order valence-electron chi connectivity index (χ1n) is 8.13. The maximum absolute atomic E-state index is 10.2. The van der Waals surface area contributed by atoms with Gasteiger partial charge in [-0.2, -0.15) is 0 Å². The molecule has 2 fully saturated rings. The summed E-state index contributed by atoms with van der Waals surface area (Å²) in [5, 5.41) is 20.2. The molecule has 0 amide bonds. The maximum Gasteiger partial charge on any atom is 0.0644 e. The SMILES string of the molecule is CCCC1CCC(O)C(CN2CCC(C)(O)CC2)C1. The van der Waals surface area contributed by atoms with Crippen molar-refractivity contribution in [1.29, 1.82) is 0 Å². The Labute approximate surface area is 118 Å². The molecule has 1 aliphatic carbocycles. The van der Waals surface area contributed by atoms with Crippen molar-refractivity contribution in [2.45, 2.75) is 70.5 Å². The van der Waals surface area contributed by atoms with Crippen LogP contribution in [0.25, 0.3) is 0 Å². The molecule has 1 saturated carbocycles. The third kappa shape index (κ3) is 4.44. The summed E-state index contributed by atoms with van der Waals surface area (Å²) < 4.78 is 0. The van der Waals surface area contributed by atoms with E-state index in [1.54, 1.807) is 0 Å². The molecule has 0 radical (unpaired) electrons. The van der Waals surface area contributed by atoms with Gasteiger partial charge in [0.05, 0.1) is 11.7 Å². The minimum atomic E-state index is -0.466. The van der Waals surface area contributed by atoms with Crippen LogP contribution in [0.15, 0.2) is 0 Å². The van der Waals surface area contributed by atoms with Gasteiger partial charge < -0.3 is 15.1 Å². The zero-order valence-electron chi connectivity index (χ0n) is 12.6. The van der Waals surface area contributed by atoms with Crippen LogP contribution in [-0.4, -0.2) is 46.5 Å². The quantitative estimate of drug-likeness (QED) is 0.824. The number of hydrogen-bond donors (Lipinski definition) is 2. The van der Waals surface area contributed by atoms with Crippen molar-refractivity contribution in [3.8, 4) is 0 Å². The van der Waals surface area contributed by atoms with Gasteiger partial charge in [0.1, 0.15) is 0 Å². The van der Waals surface area contributed by atoms with Crippen LogP contribution >= 0.6 is 0 Å². The fourth-order valence-corrected chi connectivity index (χ4v) is 3.76. The molecule has 0 bridgehead atoms. The lowest BCUT2D eigenvalue weighted by Crippen LogP contribution is -2.46. The van der Waals surface area contributed by atoms with Gasteiger partial charge in [-0.25, -0.2) is 0 Å². The number of aliphatic hydroxyl groups excluding tert-OH is 1. The highest BCUT2D eigenvalue weighted by molar-refractivity contribution is 4.86. The Morgan fingerprint density at radius 1 is 1.21 bits per heavy atom. The lowest BCUT2D eigenvalue weighted by Gasteiger charge is -2.40. The van der Waals surface area contributed by atoms with Gasteiger partial charge in [-0.3, -0.25) is 0 Å². The van der Waals surface area contributed by atoms with E-state index >= 15 is 0 Å². The van der Waals surface area contributed by atoms with Crippen molar-refractivity contribution in [2.24, 2.45) is 11.8 Å². The molecule has 19 heavy (non-hydrogen) atoms. The van der Waals surface area contributed by atoms with E-state index in [4.69, 9.17) is 0 Å². The molecule has 3 heteroatoms. The number of piperidine rings is 1. The zero-order chi connectivity index (χ0) is 13.9. The van der Waals surface area contributed by atoms with Crippen molar-refractivity contribution in [3.05, 3.63) is 0 Å². The van der Waals surface area contributed by atoms with Crippen molar-refractivity contribution >= 4 is 0 Å². The van der Waals surface area contributed by atoms with Crippen LogP contribution in [0.1, 0.15) is 58.8 Å². The molecule has 1 saturated heterocycles. The summed E-state index contributed by atoms with van der Waals surface area (Å²) in [5.41, 5.74) is -0.466. The molecule has 0 aromatic rings. The van der Waals surface area contributed by atoms with Crippen molar-refractivity contribution < 1.29 is 10.2 Å². The maximum atomic E-state index is 10.2. The monoisotopic (exact) mass is 269 g/mol. The Hall–Kier alpha value is -0.120. The third-order valence-electron chi connectivity index (χ3n) is 5.17. The molecular weight excluding hydrogens is 238 g/mol. The van der Waals surface area contributed by atoms with Gasteiger partial charge in [0.25, 0.3) is 0 Å². The van der Waals surface area contributed by atoms with Crippen molar-refractivity contribution in [2.75, 3.05) is 19.6 Å². The summed E-state index contributed by atoms with van der Waals surface area (Å²) in [6.07, 6.45) is 7.61. The minimum Gasteiger partial charge on any atom is -0.393 e. The molecular formula is C16H31NO2. The Bertz CT molecular complexity index is 270. The number of aliphatic hydroxyl groups is 2. The van der Waals surface area contributed by atoms with E-state index in [0.717, 1.165) is 44.8 Å². The molecule has 112 valence electrons. The fraction of sp³-hybridized carbons (Fsp3) is 1.00. The number of nitrogens with zero attached hydrogens (tertiary/aromatic N) is 1. The van der Waals surface area contributed by atoms with E-state index in [1.807, 2.05) is 6.92 Å². The average Bonchev–Trinajstić information content (AvgIpc) is 2.36. The van der Waals surface area contributed by atoms with Crippen LogP contribution < -0.4 is 0 Å². The lowest BCUT2D eigenvalue weighted by molar-refractivity contribution is -0.0252. The largest absolute Gasteiger partial charge is 0.393 e. The molecule has 2 N–H and O–H groups in total. The van der Waals surface area contributed by atoms with Gasteiger partial charge in [0.2, 0.25) is 0 Å². The highest BCUT2D eigenvalue weighted by Gasteiger charge is 2.33. The zero-order valence-corrected chi connectivity index (χ0v) is 12.6. The molecule has 0 aromatic carbocycles. The smallest absolute Gasteiger partial charge is 0.0644 e. The first-order valence-corrected chi connectivity index (χ1v) is 8.13. The molecule has 0 spiro atoms. The highest BCUT2D eigenvalue weighted by Crippen LogP contribution is 2.33. The van der Waals surface area contributed by atoms with E-state index < -0.39 is 5.60 Å². The third-order valence-corrected chi connectivity index (χ3v) is 5.17. The fourth-order valence-electron chi connectivity index (χ4n) is 3.76. The molecule has 1 heterocycles. The standard InChI is InChI=1S/C16H31NO2/c1-3-4-13-5-6-15(18)14(11-13)12-17-9-7-16(2,19)8-10-17/h13-15,18-19H,3-12H2,1-2H3. The predicted molar refractivity (Wildman–Crippen MR) is 78.0 cm³/mol. The number of likely N-dealkylation sites (tertiary alicyclic amines) is 1. The number of rotatable bonds is 4. The van der Waals surface area contributed by atoms with Crippen LogP contribution in [0.3, 0.4) is 0 Å². The van der Waals surface area contributed by atoms with Crippen LogP contribution in [0.4, 0.5) is 0 Å². The van der Waals surface area contributed by atoms with Gasteiger partial charge in [-0.1, -0.05) is 19.8 Å². The average molecular weight is 269 g/mol. The second kappa shape index (κ2) is 6.55. The predicted octanol–water partition coefficient (Wildman–Crippen LogP) is 2.41. The lowest BCUT2D eigenvalue weighted by atomic mass is 9.77. The summed E-state index contributed by atoms with van der Waals surface area (Å²) in [6.45, 7) is 7.19. The van der Waals surface area contributed by atoms with Gasteiger partial charge >= 0.3 is 0 Å². The topological polar surface area (TPSA) is 43.7 Å². The van der Waals surface area contributed by atoms with E-state index in [1.165, 1.54) is 25.7 Å². The Morgan fingerprint density at radius 2 is 1.89 bits per heavy atom. The molecule has 1 aliphatic heterocycles. The Kier molecular flexibility index (Phi) is 5.27. The highest BCUT2D eigenvalue weighted by atomic mass is 16.3. The van der Waals surface area contributed by atoms with Gasteiger partial charge in [-0.15, -0.1) is 0 Å². The van der Waals surface area contributed by atoms with Crippen LogP contribution in [0, 0.1) is 11.8 Å². The van der Waals surface area contributed by atoms with Crippen LogP contribution in [0.5, 0.6) is 0 Å². The summed E-state index contributed by atoms with van der Waals surface area (Å²) in [6, 6.07) is 0. The van der Waals surface area contributed by atoms with Crippen molar-refractivity contribution in [3.63, 3.8) is 0 Å². The van der Waals surface area contributed by atoms with E-state index in [-0.39, 0.29) is 6.10 Å².